The van der Waals surface area contributed by atoms with Gasteiger partial charge in [0.2, 0.25) is 0 Å². The lowest BCUT2D eigenvalue weighted by atomic mass is 9.93. The maximum Gasteiger partial charge on any atom is 0.0946 e. The van der Waals surface area contributed by atoms with E-state index in [1.807, 2.05) is 30.9 Å². The quantitative estimate of drug-likeness (QED) is 0.712. The molecular formula is C20H20ClN3. The van der Waals surface area contributed by atoms with Gasteiger partial charge in [-0.05, 0) is 29.2 Å². The van der Waals surface area contributed by atoms with E-state index in [9.17, 15) is 0 Å². The van der Waals surface area contributed by atoms with Crippen LogP contribution in [-0.4, -0.2) is 20.5 Å². The summed E-state index contributed by atoms with van der Waals surface area (Å²) >= 11 is 6.39. The maximum atomic E-state index is 6.39. The van der Waals surface area contributed by atoms with Gasteiger partial charge < -0.3 is 4.57 Å². The average Bonchev–Trinajstić information content (AvgIpc) is 3.10. The fourth-order valence-corrected chi connectivity index (χ4v) is 3.69. The number of benzene rings is 2. The molecule has 122 valence electrons. The van der Waals surface area contributed by atoms with Crippen LogP contribution in [0.4, 0.5) is 0 Å². The van der Waals surface area contributed by atoms with Crippen LogP contribution in [0.5, 0.6) is 0 Å². The highest BCUT2D eigenvalue weighted by Gasteiger charge is 2.26. The molecule has 1 aliphatic heterocycles. The number of nitrogens with zero attached hydrogens (tertiary/aromatic N) is 3. The summed E-state index contributed by atoms with van der Waals surface area (Å²) < 4.78 is 2.16. The van der Waals surface area contributed by atoms with E-state index in [0.29, 0.717) is 6.04 Å². The molecule has 1 aliphatic rings. The maximum absolute atomic E-state index is 6.39. The monoisotopic (exact) mass is 337 g/mol. The van der Waals surface area contributed by atoms with Crippen molar-refractivity contribution in [1.29, 1.82) is 0 Å². The van der Waals surface area contributed by atoms with Crippen molar-refractivity contribution in [2.45, 2.75) is 32.1 Å². The fraction of sp³-hybridized carbons (Fsp3) is 0.250. The van der Waals surface area contributed by atoms with Gasteiger partial charge in [-0.3, -0.25) is 4.90 Å². The topological polar surface area (TPSA) is 21.1 Å². The number of rotatable bonds is 4. The molecule has 2 heterocycles. The third kappa shape index (κ3) is 3.23. The number of imidazole rings is 1. The van der Waals surface area contributed by atoms with E-state index in [-0.39, 0.29) is 0 Å². The molecule has 0 bridgehead atoms. The molecule has 0 spiro atoms. The summed E-state index contributed by atoms with van der Waals surface area (Å²) in [6.07, 6.45) is 6.83. The van der Waals surface area contributed by atoms with E-state index in [4.69, 9.17) is 11.6 Å². The molecule has 4 rings (SSSR count). The summed E-state index contributed by atoms with van der Waals surface area (Å²) in [6.45, 7) is 2.77. The number of aromatic nitrogens is 2. The van der Waals surface area contributed by atoms with Crippen LogP contribution >= 0.6 is 11.6 Å². The van der Waals surface area contributed by atoms with E-state index in [1.165, 1.54) is 16.7 Å². The summed E-state index contributed by atoms with van der Waals surface area (Å²) in [5, 5.41) is 0.845. The molecule has 4 heteroatoms. The Labute approximate surface area is 147 Å². The first-order valence-corrected chi connectivity index (χ1v) is 8.67. The van der Waals surface area contributed by atoms with Gasteiger partial charge in [-0.2, -0.15) is 0 Å². The SMILES string of the molecule is Clc1ccccc1CN1Cc2ccccc2CC1Cn1ccnc1. The van der Waals surface area contributed by atoms with Crippen molar-refractivity contribution in [3.05, 3.63) is 89.0 Å². The van der Waals surface area contributed by atoms with Crippen molar-refractivity contribution in [2.75, 3.05) is 0 Å². The molecular weight excluding hydrogens is 318 g/mol. The first kappa shape index (κ1) is 15.4. The van der Waals surface area contributed by atoms with Gasteiger partial charge in [-0.1, -0.05) is 54.1 Å². The van der Waals surface area contributed by atoms with Crippen LogP contribution in [0.1, 0.15) is 16.7 Å². The summed E-state index contributed by atoms with van der Waals surface area (Å²) in [6, 6.07) is 17.3. The van der Waals surface area contributed by atoms with E-state index in [1.54, 1.807) is 0 Å². The fourth-order valence-electron chi connectivity index (χ4n) is 3.49. The third-order valence-corrected chi connectivity index (χ3v) is 5.14. The third-order valence-electron chi connectivity index (χ3n) is 4.78. The first-order valence-electron chi connectivity index (χ1n) is 8.29. The second kappa shape index (κ2) is 6.80. The summed E-state index contributed by atoms with van der Waals surface area (Å²) in [4.78, 5) is 6.71. The molecule has 1 unspecified atom stereocenters. The lowest BCUT2D eigenvalue weighted by Crippen LogP contribution is -2.42. The van der Waals surface area contributed by atoms with Crippen molar-refractivity contribution < 1.29 is 0 Å². The molecule has 0 saturated carbocycles. The van der Waals surface area contributed by atoms with Crippen LogP contribution in [0.3, 0.4) is 0 Å². The van der Waals surface area contributed by atoms with Crippen molar-refractivity contribution in [3.8, 4) is 0 Å². The van der Waals surface area contributed by atoms with Crippen LogP contribution in [0.15, 0.2) is 67.3 Å². The van der Waals surface area contributed by atoms with Crippen molar-refractivity contribution >= 4 is 11.6 Å². The van der Waals surface area contributed by atoms with Crippen LogP contribution < -0.4 is 0 Å². The van der Waals surface area contributed by atoms with Crippen molar-refractivity contribution in [2.24, 2.45) is 0 Å². The molecule has 1 atom stereocenters. The Morgan fingerprint density at radius 2 is 1.83 bits per heavy atom. The van der Waals surface area contributed by atoms with Gasteiger partial charge >= 0.3 is 0 Å². The lowest BCUT2D eigenvalue weighted by Gasteiger charge is -2.37. The zero-order chi connectivity index (χ0) is 16.4. The second-order valence-corrected chi connectivity index (χ2v) is 6.79. The standard InChI is InChI=1S/C20H20ClN3/c21-20-8-4-3-7-18(20)13-24-12-17-6-2-1-5-16(17)11-19(24)14-23-10-9-22-15-23/h1-10,15,19H,11-14H2. The van der Waals surface area contributed by atoms with E-state index < -0.39 is 0 Å². The normalized spacial score (nSPS) is 17.6. The molecule has 0 aliphatic carbocycles. The average molecular weight is 338 g/mol. The molecule has 24 heavy (non-hydrogen) atoms. The zero-order valence-corrected chi connectivity index (χ0v) is 14.2. The molecule has 0 fully saturated rings. The second-order valence-electron chi connectivity index (χ2n) is 6.38. The highest BCUT2D eigenvalue weighted by Crippen LogP contribution is 2.27. The zero-order valence-electron chi connectivity index (χ0n) is 13.5. The number of halogens is 1. The van der Waals surface area contributed by atoms with Gasteiger partial charge in [-0.25, -0.2) is 4.98 Å². The number of hydrogen-bond acceptors (Lipinski definition) is 2. The minimum absolute atomic E-state index is 0.436. The number of hydrogen-bond donors (Lipinski definition) is 0. The van der Waals surface area contributed by atoms with Crippen molar-refractivity contribution in [1.82, 2.24) is 14.5 Å². The Morgan fingerprint density at radius 3 is 2.62 bits per heavy atom. The molecule has 0 radical (unpaired) electrons. The molecule has 0 amide bonds. The van der Waals surface area contributed by atoms with Crippen LogP contribution in [0, 0.1) is 0 Å². The smallest absolute Gasteiger partial charge is 0.0946 e. The van der Waals surface area contributed by atoms with E-state index >= 15 is 0 Å². The Morgan fingerprint density at radius 1 is 1.04 bits per heavy atom. The van der Waals surface area contributed by atoms with Gasteiger partial charge in [0.25, 0.3) is 0 Å². The molecule has 2 aromatic carbocycles. The predicted molar refractivity (Wildman–Crippen MR) is 96.9 cm³/mol. The Hall–Kier alpha value is -2.10. The Balaban J connectivity index is 1.62. The molecule has 3 nitrogen and oxygen atoms in total. The summed E-state index contributed by atoms with van der Waals surface area (Å²) in [5.74, 6) is 0. The molecule has 0 saturated heterocycles. The van der Waals surface area contributed by atoms with Gasteiger partial charge in [-0.15, -0.1) is 0 Å². The number of fused-ring (bicyclic) bond motifs is 1. The van der Waals surface area contributed by atoms with Gasteiger partial charge in [0.1, 0.15) is 0 Å². The van der Waals surface area contributed by atoms with Crippen molar-refractivity contribution in [3.63, 3.8) is 0 Å². The van der Waals surface area contributed by atoms with E-state index in [0.717, 1.165) is 31.1 Å². The minimum atomic E-state index is 0.436. The lowest BCUT2D eigenvalue weighted by molar-refractivity contribution is 0.146. The van der Waals surface area contributed by atoms with Gasteiger partial charge in [0.05, 0.1) is 6.33 Å². The highest BCUT2D eigenvalue weighted by atomic mass is 35.5. The van der Waals surface area contributed by atoms with E-state index in [2.05, 4.69) is 50.8 Å². The summed E-state index contributed by atoms with van der Waals surface area (Å²) in [5.41, 5.74) is 4.07. The largest absolute Gasteiger partial charge is 0.336 e. The molecule has 3 aromatic rings. The minimum Gasteiger partial charge on any atom is -0.336 e. The Kier molecular flexibility index (Phi) is 4.37. The molecule has 0 N–H and O–H groups in total. The Bertz CT molecular complexity index is 813. The first-order chi connectivity index (χ1) is 11.8. The predicted octanol–water partition coefficient (Wildman–Crippen LogP) is 4.16. The van der Waals surface area contributed by atoms with Gasteiger partial charge in [0.15, 0.2) is 0 Å². The van der Waals surface area contributed by atoms with Crippen LogP contribution in [0.2, 0.25) is 5.02 Å². The highest BCUT2D eigenvalue weighted by molar-refractivity contribution is 6.31. The van der Waals surface area contributed by atoms with Gasteiger partial charge in [0, 0.05) is 43.1 Å². The van der Waals surface area contributed by atoms with Crippen LogP contribution in [0.25, 0.3) is 0 Å². The molecule has 1 aromatic heterocycles. The van der Waals surface area contributed by atoms with Crippen LogP contribution in [-0.2, 0) is 26.1 Å². The summed E-state index contributed by atoms with van der Waals surface area (Å²) in [7, 11) is 0.